The Morgan fingerprint density at radius 1 is 1.16 bits per heavy atom. The van der Waals surface area contributed by atoms with E-state index in [1.807, 2.05) is 0 Å². The molecule has 0 bridgehead atoms. The monoisotopic (exact) mass is 259 g/mol. The highest BCUT2D eigenvalue weighted by Gasteiger charge is 2.06. The van der Waals surface area contributed by atoms with Gasteiger partial charge in [-0.25, -0.2) is 4.98 Å². The van der Waals surface area contributed by atoms with Crippen LogP contribution in [0.25, 0.3) is 0 Å². The summed E-state index contributed by atoms with van der Waals surface area (Å²) in [6, 6.07) is 6.86. The second-order valence-corrected chi connectivity index (χ2v) is 3.96. The molecule has 1 aromatic carbocycles. The second-order valence-electron chi connectivity index (χ2n) is 3.96. The van der Waals surface area contributed by atoms with E-state index in [2.05, 4.69) is 15.6 Å². The van der Waals surface area contributed by atoms with Gasteiger partial charge in [0.1, 0.15) is 6.26 Å². The van der Waals surface area contributed by atoms with Crippen LogP contribution in [0.15, 0.2) is 41.3 Å². The molecule has 0 aliphatic carbocycles. The van der Waals surface area contributed by atoms with E-state index in [-0.39, 0.29) is 18.2 Å². The van der Waals surface area contributed by atoms with Crippen molar-refractivity contribution in [2.24, 2.45) is 0 Å². The van der Waals surface area contributed by atoms with Gasteiger partial charge in [0.2, 0.25) is 11.8 Å². The Hall–Kier alpha value is -2.63. The van der Waals surface area contributed by atoms with Crippen LogP contribution in [0.4, 0.5) is 11.4 Å². The molecule has 0 saturated heterocycles. The maximum atomic E-state index is 11.7. The van der Waals surface area contributed by atoms with E-state index in [4.69, 9.17) is 4.42 Å². The molecule has 0 aliphatic heterocycles. The van der Waals surface area contributed by atoms with Crippen LogP contribution in [0, 0.1) is 0 Å². The minimum Gasteiger partial charge on any atom is -0.451 e. The molecule has 0 unspecified atom stereocenters. The number of nitrogens with one attached hydrogen (secondary N) is 2. The summed E-state index contributed by atoms with van der Waals surface area (Å²) in [6.45, 7) is 1.44. The summed E-state index contributed by atoms with van der Waals surface area (Å²) in [4.78, 5) is 26.4. The predicted octanol–water partition coefficient (Wildman–Crippen LogP) is 1.81. The molecule has 2 rings (SSSR count). The summed E-state index contributed by atoms with van der Waals surface area (Å²) < 4.78 is 4.79. The highest BCUT2D eigenvalue weighted by Crippen LogP contribution is 2.13. The minimum absolute atomic E-state index is 0.136. The number of anilines is 2. The smallest absolute Gasteiger partial charge is 0.230 e. The van der Waals surface area contributed by atoms with Gasteiger partial charge in [0.05, 0.1) is 12.1 Å². The standard InChI is InChI=1S/C13H13N3O3/c1-9(17)15-10-2-4-11(5-3-10)16-13(18)6-12-7-19-8-14-12/h2-5,7-8H,6H2,1H3,(H,15,17)(H,16,18). The first-order valence-corrected chi connectivity index (χ1v) is 5.68. The quantitative estimate of drug-likeness (QED) is 0.877. The summed E-state index contributed by atoms with van der Waals surface area (Å²) >= 11 is 0. The zero-order chi connectivity index (χ0) is 13.7. The first-order chi connectivity index (χ1) is 9.13. The Kier molecular flexibility index (Phi) is 3.92. The fourth-order valence-electron chi connectivity index (χ4n) is 1.53. The topological polar surface area (TPSA) is 84.2 Å². The van der Waals surface area contributed by atoms with Crippen molar-refractivity contribution in [1.29, 1.82) is 0 Å². The normalized spacial score (nSPS) is 9.95. The van der Waals surface area contributed by atoms with E-state index in [9.17, 15) is 9.59 Å². The van der Waals surface area contributed by atoms with Crippen LogP contribution in [0.3, 0.4) is 0 Å². The van der Waals surface area contributed by atoms with Crippen LogP contribution in [0.1, 0.15) is 12.6 Å². The lowest BCUT2D eigenvalue weighted by Gasteiger charge is -2.06. The van der Waals surface area contributed by atoms with Crippen molar-refractivity contribution in [3.63, 3.8) is 0 Å². The Morgan fingerprint density at radius 3 is 2.32 bits per heavy atom. The van der Waals surface area contributed by atoms with Crippen molar-refractivity contribution in [1.82, 2.24) is 4.98 Å². The van der Waals surface area contributed by atoms with Gasteiger partial charge in [-0.3, -0.25) is 9.59 Å². The average molecular weight is 259 g/mol. The zero-order valence-corrected chi connectivity index (χ0v) is 10.3. The van der Waals surface area contributed by atoms with Crippen LogP contribution in [-0.2, 0) is 16.0 Å². The van der Waals surface area contributed by atoms with Gasteiger partial charge in [-0.15, -0.1) is 0 Å². The van der Waals surface area contributed by atoms with Crippen LogP contribution in [0.2, 0.25) is 0 Å². The van der Waals surface area contributed by atoms with E-state index in [1.165, 1.54) is 19.6 Å². The molecule has 19 heavy (non-hydrogen) atoms. The van der Waals surface area contributed by atoms with E-state index in [1.54, 1.807) is 24.3 Å². The number of carbonyl (C=O) groups is 2. The fourth-order valence-corrected chi connectivity index (χ4v) is 1.53. The number of nitrogens with zero attached hydrogens (tertiary/aromatic N) is 1. The first-order valence-electron chi connectivity index (χ1n) is 5.68. The zero-order valence-electron chi connectivity index (χ0n) is 10.3. The highest BCUT2D eigenvalue weighted by atomic mass is 16.3. The van der Waals surface area contributed by atoms with E-state index >= 15 is 0 Å². The lowest BCUT2D eigenvalue weighted by atomic mass is 10.2. The first kappa shape index (κ1) is 12.8. The summed E-state index contributed by atoms with van der Waals surface area (Å²) in [7, 11) is 0. The lowest BCUT2D eigenvalue weighted by Crippen LogP contribution is -2.14. The minimum atomic E-state index is -0.179. The number of benzene rings is 1. The number of amides is 2. The van der Waals surface area contributed by atoms with E-state index in [0.29, 0.717) is 17.1 Å². The van der Waals surface area contributed by atoms with Crippen LogP contribution in [0.5, 0.6) is 0 Å². The van der Waals surface area contributed by atoms with Gasteiger partial charge in [-0.2, -0.15) is 0 Å². The summed E-state index contributed by atoms with van der Waals surface area (Å²) in [6.07, 6.45) is 2.87. The molecular formula is C13H13N3O3. The Bertz CT molecular complexity index is 561. The molecule has 1 aromatic heterocycles. The molecule has 2 aromatic rings. The van der Waals surface area contributed by atoms with Crippen molar-refractivity contribution >= 4 is 23.2 Å². The number of aromatic nitrogens is 1. The number of hydrogen-bond acceptors (Lipinski definition) is 4. The number of rotatable bonds is 4. The Balaban J connectivity index is 1.92. The van der Waals surface area contributed by atoms with E-state index in [0.717, 1.165) is 0 Å². The van der Waals surface area contributed by atoms with Gasteiger partial charge < -0.3 is 15.1 Å². The number of oxazole rings is 1. The van der Waals surface area contributed by atoms with E-state index < -0.39 is 0 Å². The summed E-state index contributed by atoms with van der Waals surface area (Å²) in [5, 5.41) is 5.38. The van der Waals surface area contributed by atoms with Crippen LogP contribution < -0.4 is 10.6 Å². The molecule has 2 amide bonds. The molecule has 98 valence electrons. The van der Waals surface area contributed by atoms with Gasteiger partial charge in [0, 0.05) is 18.3 Å². The molecule has 6 nitrogen and oxygen atoms in total. The third-order valence-electron chi connectivity index (χ3n) is 2.31. The third-order valence-corrected chi connectivity index (χ3v) is 2.31. The molecule has 0 aliphatic rings. The van der Waals surface area contributed by atoms with Crippen molar-refractivity contribution in [2.45, 2.75) is 13.3 Å². The van der Waals surface area contributed by atoms with Crippen molar-refractivity contribution in [2.75, 3.05) is 10.6 Å². The largest absolute Gasteiger partial charge is 0.451 e. The van der Waals surface area contributed by atoms with Gasteiger partial charge in [-0.1, -0.05) is 0 Å². The molecule has 1 heterocycles. The molecule has 0 atom stereocenters. The third kappa shape index (κ3) is 3.95. The molecule has 0 saturated carbocycles. The molecule has 2 N–H and O–H groups in total. The van der Waals surface area contributed by atoms with Gasteiger partial charge >= 0.3 is 0 Å². The maximum absolute atomic E-state index is 11.7. The van der Waals surface area contributed by atoms with Gasteiger partial charge in [0.15, 0.2) is 6.39 Å². The Morgan fingerprint density at radius 2 is 1.79 bits per heavy atom. The molecule has 6 heteroatoms. The van der Waals surface area contributed by atoms with Crippen molar-refractivity contribution in [3.05, 3.63) is 42.6 Å². The lowest BCUT2D eigenvalue weighted by molar-refractivity contribution is -0.116. The number of carbonyl (C=O) groups excluding carboxylic acids is 2. The Labute approximate surface area is 109 Å². The number of hydrogen-bond donors (Lipinski definition) is 2. The SMILES string of the molecule is CC(=O)Nc1ccc(NC(=O)Cc2cocn2)cc1. The molecule has 0 fully saturated rings. The predicted molar refractivity (Wildman–Crippen MR) is 69.6 cm³/mol. The maximum Gasteiger partial charge on any atom is 0.230 e. The molecule has 0 radical (unpaired) electrons. The van der Waals surface area contributed by atoms with Crippen LogP contribution >= 0.6 is 0 Å². The van der Waals surface area contributed by atoms with Crippen molar-refractivity contribution < 1.29 is 14.0 Å². The highest BCUT2D eigenvalue weighted by molar-refractivity contribution is 5.93. The van der Waals surface area contributed by atoms with Crippen molar-refractivity contribution in [3.8, 4) is 0 Å². The molecule has 0 spiro atoms. The van der Waals surface area contributed by atoms with Gasteiger partial charge in [-0.05, 0) is 24.3 Å². The fraction of sp³-hybridized carbons (Fsp3) is 0.154. The second kappa shape index (κ2) is 5.81. The van der Waals surface area contributed by atoms with Crippen LogP contribution in [-0.4, -0.2) is 16.8 Å². The van der Waals surface area contributed by atoms with Gasteiger partial charge in [0.25, 0.3) is 0 Å². The summed E-state index contributed by atoms with van der Waals surface area (Å²) in [5.74, 6) is -0.316. The average Bonchev–Trinajstić information content (AvgIpc) is 2.83. The summed E-state index contributed by atoms with van der Waals surface area (Å²) in [5.41, 5.74) is 1.91. The molecular weight excluding hydrogens is 246 g/mol.